The largest absolute Gasteiger partial charge is 0.484 e. The second-order valence-electron chi connectivity index (χ2n) is 6.45. The molecule has 1 N–H and O–H groups in total. The zero-order chi connectivity index (χ0) is 18.6. The normalized spacial score (nSPS) is 13.4. The maximum Gasteiger partial charge on any atom is 0.262 e. The Hall–Kier alpha value is -3.22. The molecule has 6 nitrogen and oxygen atoms in total. The quantitative estimate of drug-likeness (QED) is 0.689. The molecular weight excluding hydrogens is 349 g/mol. The molecule has 0 spiro atoms. The third kappa shape index (κ3) is 4.49. The van der Waals surface area contributed by atoms with E-state index in [4.69, 9.17) is 9.26 Å². The van der Waals surface area contributed by atoms with Crippen LogP contribution in [0.5, 0.6) is 5.75 Å². The van der Waals surface area contributed by atoms with Crippen molar-refractivity contribution in [2.75, 3.05) is 11.9 Å². The second kappa shape index (κ2) is 7.57. The van der Waals surface area contributed by atoms with Gasteiger partial charge in [-0.3, -0.25) is 4.79 Å². The molecule has 1 aliphatic rings. The molecule has 1 aromatic heterocycles. The highest BCUT2D eigenvalue weighted by molar-refractivity contribution is 5.92. The maximum atomic E-state index is 12.9. The van der Waals surface area contributed by atoms with E-state index in [1.54, 1.807) is 0 Å². The van der Waals surface area contributed by atoms with Crippen LogP contribution in [0.4, 0.5) is 10.1 Å². The number of nitrogens with one attached hydrogen (secondary N) is 1. The van der Waals surface area contributed by atoms with Crippen molar-refractivity contribution >= 4 is 11.6 Å². The Kier molecular flexibility index (Phi) is 4.82. The van der Waals surface area contributed by atoms with Crippen LogP contribution in [0.2, 0.25) is 0 Å². The van der Waals surface area contributed by atoms with Gasteiger partial charge in [0, 0.05) is 11.6 Å². The molecule has 0 bridgehead atoms. The minimum atomic E-state index is -0.355. The van der Waals surface area contributed by atoms with Gasteiger partial charge >= 0.3 is 0 Å². The van der Waals surface area contributed by atoms with Crippen LogP contribution in [0, 0.1) is 5.82 Å². The number of aromatic nitrogens is 2. The lowest BCUT2D eigenvalue weighted by molar-refractivity contribution is -0.118. The average Bonchev–Trinajstić information content (AvgIpc) is 3.42. The molecule has 4 rings (SSSR count). The third-order valence-corrected chi connectivity index (χ3v) is 4.24. The van der Waals surface area contributed by atoms with Crippen molar-refractivity contribution in [2.24, 2.45) is 0 Å². The van der Waals surface area contributed by atoms with E-state index in [0.29, 0.717) is 29.7 Å². The first kappa shape index (κ1) is 17.2. The fraction of sp³-hybridized carbons (Fsp3) is 0.250. The van der Waals surface area contributed by atoms with E-state index in [1.165, 1.54) is 24.3 Å². The molecule has 1 fully saturated rings. The summed E-state index contributed by atoms with van der Waals surface area (Å²) in [5.74, 6) is 1.49. The van der Waals surface area contributed by atoms with E-state index in [2.05, 4.69) is 15.5 Å². The lowest BCUT2D eigenvalue weighted by Gasteiger charge is -2.10. The highest BCUT2D eigenvalue weighted by Gasteiger charge is 2.28. The number of carbonyl (C=O) groups is 1. The van der Waals surface area contributed by atoms with Gasteiger partial charge in [-0.05, 0) is 48.7 Å². The number of benzene rings is 2. The Bertz CT molecular complexity index is 936. The minimum absolute atomic E-state index is 0.174. The molecule has 138 valence electrons. The molecule has 7 heteroatoms. The monoisotopic (exact) mass is 367 g/mol. The minimum Gasteiger partial charge on any atom is -0.484 e. The van der Waals surface area contributed by atoms with Crippen molar-refractivity contribution in [3.63, 3.8) is 0 Å². The van der Waals surface area contributed by atoms with Gasteiger partial charge in [0.2, 0.25) is 5.89 Å². The summed E-state index contributed by atoms with van der Waals surface area (Å²) in [7, 11) is 0. The van der Waals surface area contributed by atoms with Gasteiger partial charge < -0.3 is 14.6 Å². The molecule has 0 saturated heterocycles. The smallest absolute Gasteiger partial charge is 0.262 e. The Balaban J connectivity index is 1.37. The van der Waals surface area contributed by atoms with Crippen LogP contribution in [0.3, 0.4) is 0 Å². The highest BCUT2D eigenvalue weighted by Crippen LogP contribution is 2.38. The van der Waals surface area contributed by atoms with E-state index >= 15 is 0 Å². The number of para-hydroxylation sites is 1. The first-order valence-electron chi connectivity index (χ1n) is 8.76. The van der Waals surface area contributed by atoms with Crippen molar-refractivity contribution in [3.05, 3.63) is 71.6 Å². The van der Waals surface area contributed by atoms with Crippen LogP contribution >= 0.6 is 0 Å². The number of rotatable bonds is 7. The number of ether oxygens (including phenoxy) is 1. The average molecular weight is 367 g/mol. The van der Waals surface area contributed by atoms with E-state index in [1.807, 2.05) is 24.3 Å². The van der Waals surface area contributed by atoms with E-state index in [9.17, 15) is 9.18 Å². The standard InChI is InChI=1S/C20H18FN3O3/c21-15-7-9-16(10-8-15)26-12-18(25)22-17-4-2-1-3-14(17)11-19-23-20(24-27-19)13-5-6-13/h1-4,7-10,13H,5-6,11-12H2,(H,22,25). The van der Waals surface area contributed by atoms with Gasteiger partial charge in [-0.25, -0.2) is 4.39 Å². The van der Waals surface area contributed by atoms with Gasteiger partial charge in [0.05, 0.1) is 6.42 Å². The lowest BCUT2D eigenvalue weighted by Crippen LogP contribution is -2.21. The topological polar surface area (TPSA) is 77.2 Å². The molecule has 0 aliphatic heterocycles. The summed E-state index contributed by atoms with van der Waals surface area (Å²) in [6, 6.07) is 12.9. The Morgan fingerprint density at radius 3 is 2.74 bits per heavy atom. The summed E-state index contributed by atoms with van der Waals surface area (Å²) >= 11 is 0. The number of amides is 1. The molecule has 27 heavy (non-hydrogen) atoms. The van der Waals surface area contributed by atoms with Crippen LogP contribution in [0.1, 0.15) is 36.0 Å². The van der Waals surface area contributed by atoms with Gasteiger partial charge in [-0.2, -0.15) is 4.98 Å². The summed E-state index contributed by atoms with van der Waals surface area (Å²) in [5, 5.41) is 6.84. The molecule has 1 aliphatic carbocycles. The number of hydrogen-bond donors (Lipinski definition) is 1. The summed E-state index contributed by atoms with van der Waals surface area (Å²) in [4.78, 5) is 16.6. The van der Waals surface area contributed by atoms with Crippen LogP contribution in [-0.4, -0.2) is 22.7 Å². The predicted molar refractivity (Wildman–Crippen MR) is 96.0 cm³/mol. The molecule has 0 atom stereocenters. The van der Waals surface area contributed by atoms with E-state index in [0.717, 1.165) is 24.2 Å². The summed E-state index contributed by atoms with van der Waals surface area (Å²) in [6.45, 7) is -0.174. The SMILES string of the molecule is O=C(COc1ccc(F)cc1)Nc1ccccc1Cc1nc(C2CC2)no1. The number of hydrogen-bond acceptors (Lipinski definition) is 5. The first-order valence-corrected chi connectivity index (χ1v) is 8.76. The molecule has 2 aromatic carbocycles. The Labute approximate surface area is 155 Å². The first-order chi connectivity index (χ1) is 13.2. The third-order valence-electron chi connectivity index (χ3n) is 4.24. The predicted octanol–water partition coefficient (Wildman–Crippen LogP) is 3.69. The summed E-state index contributed by atoms with van der Waals surface area (Å²) in [5.41, 5.74) is 1.54. The van der Waals surface area contributed by atoms with Crippen LogP contribution in [-0.2, 0) is 11.2 Å². The highest BCUT2D eigenvalue weighted by atomic mass is 19.1. The number of halogens is 1. The van der Waals surface area contributed by atoms with Gasteiger partial charge in [0.25, 0.3) is 5.91 Å². The Morgan fingerprint density at radius 2 is 1.96 bits per heavy atom. The zero-order valence-corrected chi connectivity index (χ0v) is 14.5. The van der Waals surface area contributed by atoms with Gasteiger partial charge in [0.15, 0.2) is 12.4 Å². The molecule has 0 radical (unpaired) electrons. The molecule has 3 aromatic rings. The van der Waals surface area contributed by atoms with Gasteiger partial charge in [-0.15, -0.1) is 0 Å². The van der Waals surface area contributed by atoms with Crippen LogP contribution in [0.15, 0.2) is 53.1 Å². The van der Waals surface area contributed by atoms with Crippen molar-refractivity contribution in [1.29, 1.82) is 0 Å². The lowest BCUT2D eigenvalue weighted by atomic mass is 10.1. The fourth-order valence-electron chi connectivity index (χ4n) is 2.67. The van der Waals surface area contributed by atoms with E-state index in [-0.39, 0.29) is 18.3 Å². The molecule has 0 unspecified atom stereocenters. The van der Waals surface area contributed by atoms with Gasteiger partial charge in [-0.1, -0.05) is 23.4 Å². The summed E-state index contributed by atoms with van der Waals surface area (Å²) < 4.78 is 23.6. The molecular formula is C20H18FN3O3. The van der Waals surface area contributed by atoms with E-state index < -0.39 is 0 Å². The van der Waals surface area contributed by atoms with Gasteiger partial charge in [0.1, 0.15) is 11.6 Å². The summed E-state index contributed by atoms with van der Waals surface area (Å²) in [6.07, 6.45) is 2.66. The van der Waals surface area contributed by atoms with Crippen molar-refractivity contribution in [1.82, 2.24) is 10.1 Å². The van der Waals surface area contributed by atoms with Crippen LogP contribution < -0.4 is 10.1 Å². The van der Waals surface area contributed by atoms with Crippen molar-refractivity contribution in [3.8, 4) is 5.75 Å². The second-order valence-corrected chi connectivity index (χ2v) is 6.45. The molecule has 1 saturated carbocycles. The number of carbonyl (C=O) groups excluding carboxylic acids is 1. The maximum absolute atomic E-state index is 12.9. The number of nitrogens with zero attached hydrogens (tertiary/aromatic N) is 2. The Morgan fingerprint density at radius 1 is 1.19 bits per heavy atom. The molecule has 1 amide bonds. The zero-order valence-electron chi connectivity index (χ0n) is 14.5. The van der Waals surface area contributed by atoms with Crippen LogP contribution in [0.25, 0.3) is 0 Å². The molecule has 1 heterocycles. The van der Waals surface area contributed by atoms with Crippen molar-refractivity contribution < 1.29 is 18.4 Å². The van der Waals surface area contributed by atoms with Crippen molar-refractivity contribution in [2.45, 2.75) is 25.2 Å². The number of anilines is 1. The fourth-order valence-corrected chi connectivity index (χ4v) is 2.67.